The van der Waals surface area contributed by atoms with Crippen molar-refractivity contribution in [3.63, 3.8) is 0 Å². The largest absolute Gasteiger partial charge is 1.00 e. The van der Waals surface area contributed by atoms with E-state index in [9.17, 15) is 19.1 Å². The molecule has 0 spiro atoms. The number of benzene rings is 1. The molecule has 2 N–H and O–H groups in total. The molecule has 1 aliphatic rings. The van der Waals surface area contributed by atoms with Crippen molar-refractivity contribution in [1.82, 2.24) is 4.57 Å². The molecule has 0 aliphatic carbocycles. The molecule has 1 aromatic heterocycles. The first-order valence-electron chi connectivity index (χ1n) is 6.19. The number of carbonyl (C=O) groups is 1. The Bertz CT molecular complexity index is 821. The molecule has 1 aromatic carbocycles. The van der Waals surface area contributed by atoms with Crippen LogP contribution in [0.3, 0.4) is 0 Å². The van der Waals surface area contributed by atoms with Crippen molar-refractivity contribution in [1.29, 1.82) is 0 Å². The summed E-state index contributed by atoms with van der Waals surface area (Å²) in [7, 11) is 0. The summed E-state index contributed by atoms with van der Waals surface area (Å²) in [6.45, 7) is 1.93. The van der Waals surface area contributed by atoms with Gasteiger partial charge in [0.25, 0.3) is 0 Å². The Hall–Kier alpha value is -0.730. The molecule has 0 bridgehead atoms. The van der Waals surface area contributed by atoms with Crippen molar-refractivity contribution in [2.75, 3.05) is 0 Å². The minimum Gasteiger partial charge on any atom is -0.545 e. The fourth-order valence-corrected chi connectivity index (χ4v) is 3.26. The molecule has 2 aromatic rings. The van der Waals surface area contributed by atoms with E-state index in [-0.39, 0.29) is 46.5 Å². The molecule has 2 heterocycles. The second kappa shape index (κ2) is 6.80. The Morgan fingerprint density at radius 3 is 2.73 bits per heavy atom. The van der Waals surface area contributed by atoms with Gasteiger partial charge in [-0.1, -0.05) is 0 Å². The molecule has 1 unspecified atom stereocenters. The van der Waals surface area contributed by atoms with Crippen LogP contribution in [0.5, 0.6) is 0 Å². The van der Waals surface area contributed by atoms with Crippen LogP contribution < -0.4 is 40.1 Å². The van der Waals surface area contributed by atoms with Crippen LogP contribution in [-0.4, -0.2) is 16.0 Å². The first-order valence-corrected chi connectivity index (χ1v) is 6.98. The van der Waals surface area contributed by atoms with Crippen LogP contribution in [0.25, 0.3) is 10.9 Å². The summed E-state index contributed by atoms with van der Waals surface area (Å²) in [6, 6.07) is 1.13. The van der Waals surface area contributed by atoms with Crippen LogP contribution in [0.1, 0.15) is 35.3 Å². The summed E-state index contributed by atoms with van der Waals surface area (Å²) in [4.78, 5) is 23.2. The summed E-state index contributed by atoms with van der Waals surface area (Å²) in [6.07, 6.45) is 2.69. The van der Waals surface area contributed by atoms with E-state index >= 15 is 0 Å². The summed E-state index contributed by atoms with van der Waals surface area (Å²) in [5.74, 6) is -2.09. The first kappa shape index (κ1) is 19.3. The van der Waals surface area contributed by atoms with Gasteiger partial charge in [-0.05, 0) is 47.3 Å². The van der Waals surface area contributed by atoms with Gasteiger partial charge in [0.15, 0.2) is 5.43 Å². The number of halogens is 2. The van der Waals surface area contributed by atoms with E-state index in [0.717, 1.165) is 12.5 Å². The number of carbonyl (C=O) groups excluding carboxylic acids is 1. The molecule has 22 heavy (non-hydrogen) atoms. The predicted octanol–water partition coefficient (Wildman–Crippen LogP) is -2.05. The van der Waals surface area contributed by atoms with Gasteiger partial charge in [0.05, 0.1) is 21.5 Å². The van der Waals surface area contributed by atoms with E-state index in [1.54, 1.807) is 4.57 Å². The SMILES string of the molecule is CC1CCc2c(Br)c(F)cc3c(=O)c(C(=O)[O-])cn1c23.O.[Na+]. The third kappa shape index (κ3) is 2.76. The smallest absolute Gasteiger partial charge is 0.545 e. The summed E-state index contributed by atoms with van der Waals surface area (Å²) >= 11 is 3.20. The molecule has 8 heteroatoms. The van der Waals surface area contributed by atoms with E-state index in [0.29, 0.717) is 22.0 Å². The average molecular weight is 380 g/mol. The second-order valence-corrected chi connectivity index (χ2v) is 5.79. The Balaban J connectivity index is 0.00000121. The number of nitrogens with zero attached hydrogens (tertiary/aromatic N) is 1. The van der Waals surface area contributed by atoms with Crippen molar-refractivity contribution in [2.24, 2.45) is 0 Å². The van der Waals surface area contributed by atoms with Gasteiger partial charge >= 0.3 is 29.6 Å². The molecule has 5 nitrogen and oxygen atoms in total. The number of hydrogen-bond donors (Lipinski definition) is 0. The molecule has 3 rings (SSSR count). The Morgan fingerprint density at radius 2 is 2.14 bits per heavy atom. The minimum atomic E-state index is -1.54. The molecule has 0 amide bonds. The third-order valence-corrected chi connectivity index (χ3v) is 4.67. The predicted molar refractivity (Wildman–Crippen MR) is 76.8 cm³/mol. The van der Waals surface area contributed by atoms with Crippen LogP contribution in [0.2, 0.25) is 0 Å². The van der Waals surface area contributed by atoms with Gasteiger partial charge in [0.2, 0.25) is 0 Å². The summed E-state index contributed by atoms with van der Waals surface area (Å²) in [5, 5.41) is 11.2. The summed E-state index contributed by atoms with van der Waals surface area (Å²) < 4.78 is 16.0. The van der Waals surface area contributed by atoms with Gasteiger partial charge in [-0.3, -0.25) is 4.79 Å². The van der Waals surface area contributed by atoms with E-state index in [2.05, 4.69) is 15.9 Å². The van der Waals surface area contributed by atoms with Crippen molar-refractivity contribution >= 4 is 32.8 Å². The fourth-order valence-electron chi connectivity index (χ4n) is 2.76. The normalized spacial score (nSPS) is 15.9. The minimum absolute atomic E-state index is 0. The first-order chi connectivity index (χ1) is 9.41. The molecular weight excluding hydrogens is 368 g/mol. The maximum absolute atomic E-state index is 13.9. The van der Waals surface area contributed by atoms with Gasteiger partial charge in [-0.2, -0.15) is 0 Å². The zero-order valence-electron chi connectivity index (χ0n) is 12.1. The van der Waals surface area contributed by atoms with E-state index < -0.39 is 22.8 Å². The number of carboxylic acids is 1. The zero-order valence-corrected chi connectivity index (χ0v) is 15.7. The third-order valence-electron chi connectivity index (χ3n) is 3.81. The fraction of sp³-hybridized carbons (Fsp3) is 0.286. The van der Waals surface area contributed by atoms with Crippen molar-refractivity contribution in [3.8, 4) is 0 Å². The van der Waals surface area contributed by atoms with Crippen LogP contribution in [0.15, 0.2) is 21.5 Å². The van der Waals surface area contributed by atoms with Crippen LogP contribution in [-0.2, 0) is 6.42 Å². The van der Waals surface area contributed by atoms with Gasteiger partial charge in [-0.25, -0.2) is 4.39 Å². The van der Waals surface area contributed by atoms with Crippen LogP contribution >= 0.6 is 15.9 Å². The summed E-state index contributed by atoms with van der Waals surface area (Å²) in [5.41, 5.74) is 0.184. The number of carboxylic acid groups (broad SMARTS) is 1. The van der Waals surface area contributed by atoms with Crippen molar-refractivity contribution in [3.05, 3.63) is 43.9 Å². The number of rotatable bonds is 1. The number of aromatic nitrogens is 1. The average Bonchev–Trinajstić information content (AvgIpc) is 2.39. The Morgan fingerprint density at radius 1 is 1.50 bits per heavy atom. The van der Waals surface area contributed by atoms with E-state index in [1.807, 2.05) is 6.92 Å². The molecule has 0 fully saturated rings. The van der Waals surface area contributed by atoms with Gasteiger partial charge in [-0.15, -0.1) is 0 Å². The Labute approximate surface area is 155 Å². The topological polar surface area (TPSA) is 93.6 Å². The molecular formula is C14H12BrFNNaO4. The van der Waals surface area contributed by atoms with Gasteiger partial charge in [0.1, 0.15) is 5.82 Å². The number of aromatic carboxylic acids is 1. The maximum atomic E-state index is 13.9. The molecule has 0 saturated carbocycles. The molecule has 0 saturated heterocycles. The second-order valence-electron chi connectivity index (χ2n) is 5.00. The van der Waals surface area contributed by atoms with Crippen LogP contribution in [0, 0.1) is 5.82 Å². The van der Waals surface area contributed by atoms with Gasteiger partial charge < -0.3 is 19.9 Å². The number of hydrogen-bond acceptors (Lipinski definition) is 3. The maximum Gasteiger partial charge on any atom is 1.00 e. The molecule has 1 aliphatic heterocycles. The van der Waals surface area contributed by atoms with Crippen LogP contribution in [0.4, 0.5) is 4.39 Å². The molecule has 1 atom stereocenters. The number of pyridine rings is 1. The zero-order chi connectivity index (χ0) is 14.6. The molecule has 112 valence electrons. The number of aryl methyl sites for hydroxylation is 1. The Kier molecular flexibility index (Phi) is 5.97. The standard InChI is InChI=1S/C14H11BrFNO3.Na.H2O/c1-6-2-3-7-11(15)10(16)4-8-12(7)17(6)5-9(13(8)18)14(19)20;;/h4-6H,2-3H2,1H3,(H,19,20);;1H2/q;+1;/p-1. The van der Waals surface area contributed by atoms with E-state index in [4.69, 9.17) is 0 Å². The molecule has 0 radical (unpaired) electrons. The van der Waals surface area contributed by atoms with Crippen molar-refractivity contribution < 1.29 is 49.3 Å². The van der Waals surface area contributed by atoms with Crippen molar-refractivity contribution in [2.45, 2.75) is 25.8 Å². The monoisotopic (exact) mass is 379 g/mol. The quantitative estimate of drug-likeness (QED) is 0.534. The van der Waals surface area contributed by atoms with Gasteiger partial charge in [0, 0.05) is 17.6 Å². The van der Waals surface area contributed by atoms with E-state index in [1.165, 1.54) is 6.20 Å².